The zero-order valence-electron chi connectivity index (χ0n) is 14.0. The molecule has 0 aliphatic heterocycles. The van der Waals surface area contributed by atoms with Crippen LogP contribution in [0.4, 0.5) is 0 Å². The summed E-state index contributed by atoms with van der Waals surface area (Å²) in [6.45, 7) is 0. The van der Waals surface area contributed by atoms with E-state index in [4.69, 9.17) is 24.4 Å². The van der Waals surface area contributed by atoms with Gasteiger partial charge >= 0.3 is 0 Å². The van der Waals surface area contributed by atoms with Crippen LogP contribution in [0, 0.1) is 11.8 Å². The van der Waals surface area contributed by atoms with Crippen molar-refractivity contribution in [3.8, 4) is 0 Å². The van der Waals surface area contributed by atoms with E-state index in [1.807, 2.05) is 0 Å². The molecule has 2 aliphatic rings. The Kier molecular flexibility index (Phi) is 6.05. The fraction of sp³-hybridized carbons (Fsp3) is 0.643. The lowest BCUT2D eigenvalue weighted by Gasteiger charge is -2.23. The molecular weight excluding hydrogens is 348 g/mol. The van der Waals surface area contributed by atoms with Crippen LogP contribution in [-0.2, 0) is 9.59 Å². The standard InChI is InChI=1S/C14H22N6O2S2/c1-15-16-10(11(21)17-19(2)13(23)8-4-5-8)12(22)18-20(3)14(24)9-6-7-9/h8-9,15H,4-7H2,1-3H3,(H,17,21)(H,18,22). The van der Waals surface area contributed by atoms with Gasteiger partial charge in [-0.1, -0.05) is 24.4 Å². The van der Waals surface area contributed by atoms with E-state index in [2.05, 4.69) is 21.4 Å². The van der Waals surface area contributed by atoms with Crippen molar-refractivity contribution in [2.24, 2.45) is 16.9 Å². The van der Waals surface area contributed by atoms with Gasteiger partial charge < -0.3 is 5.43 Å². The van der Waals surface area contributed by atoms with Gasteiger partial charge in [-0.25, -0.2) is 0 Å². The molecule has 2 rings (SSSR count). The number of amides is 2. The Balaban J connectivity index is 1.94. The van der Waals surface area contributed by atoms with Crippen LogP contribution in [0.15, 0.2) is 5.10 Å². The van der Waals surface area contributed by atoms with Crippen molar-refractivity contribution >= 4 is 51.9 Å². The predicted octanol–water partition coefficient (Wildman–Crippen LogP) is -0.0374. The first-order chi connectivity index (χ1) is 11.3. The van der Waals surface area contributed by atoms with Crippen molar-refractivity contribution in [2.45, 2.75) is 25.7 Å². The quantitative estimate of drug-likeness (QED) is 0.271. The van der Waals surface area contributed by atoms with Crippen LogP contribution < -0.4 is 16.3 Å². The summed E-state index contributed by atoms with van der Waals surface area (Å²) in [6.07, 6.45) is 4.11. The third kappa shape index (κ3) is 4.84. The van der Waals surface area contributed by atoms with Crippen LogP contribution in [0.3, 0.4) is 0 Å². The van der Waals surface area contributed by atoms with Crippen molar-refractivity contribution in [3.63, 3.8) is 0 Å². The number of carbonyl (C=O) groups is 2. The average molecular weight is 371 g/mol. The molecule has 2 aliphatic carbocycles. The molecule has 10 heteroatoms. The van der Waals surface area contributed by atoms with E-state index in [1.165, 1.54) is 17.1 Å². The van der Waals surface area contributed by atoms with Gasteiger partial charge in [-0.05, 0) is 25.7 Å². The zero-order chi connectivity index (χ0) is 17.9. The molecule has 0 spiro atoms. The Bertz CT molecular complexity index is 540. The van der Waals surface area contributed by atoms with Crippen LogP contribution in [0.25, 0.3) is 0 Å². The Hall–Kier alpha value is -1.81. The number of hydrogen-bond acceptors (Lipinski definition) is 6. The fourth-order valence-electron chi connectivity index (χ4n) is 2.05. The summed E-state index contributed by atoms with van der Waals surface area (Å²) in [5.74, 6) is -0.632. The summed E-state index contributed by atoms with van der Waals surface area (Å²) in [7, 11) is 4.82. The number of rotatable bonds is 5. The smallest absolute Gasteiger partial charge is 0.296 e. The molecule has 0 atom stereocenters. The molecule has 2 amide bonds. The summed E-state index contributed by atoms with van der Waals surface area (Å²) in [5.41, 5.74) is 7.32. The van der Waals surface area contributed by atoms with Crippen LogP contribution in [-0.4, -0.2) is 58.7 Å². The molecule has 0 radical (unpaired) electrons. The van der Waals surface area contributed by atoms with E-state index < -0.39 is 11.8 Å². The molecular formula is C14H22N6O2S2. The molecule has 2 saturated carbocycles. The van der Waals surface area contributed by atoms with Gasteiger partial charge in [0.25, 0.3) is 11.8 Å². The topological polar surface area (TPSA) is 89.1 Å². The van der Waals surface area contributed by atoms with E-state index >= 15 is 0 Å². The highest BCUT2D eigenvalue weighted by Crippen LogP contribution is 2.31. The van der Waals surface area contributed by atoms with Crippen LogP contribution in [0.2, 0.25) is 0 Å². The lowest BCUT2D eigenvalue weighted by molar-refractivity contribution is -0.121. The second-order valence-corrected chi connectivity index (χ2v) is 6.75. The van der Waals surface area contributed by atoms with Gasteiger partial charge in [-0.3, -0.25) is 30.5 Å². The minimum atomic E-state index is -0.641. The first-order valence-electron chi connectivity index (χ1n) is 7.76. The maximum absolute atomic E-state index is 12.3. The third-order valence-electron chi connectivity index (χ3n) is 3.71. The Morgan fingerprint density at radius 2 is 1.29 bits per heavy atom. The lowest BCUT2D eigenvalue weighted by atomic mass is 10.3. The molecule has 3 N–H and O–H groups in total. The normalized spacial score (nSPS) is 15.8. The van der Waals surface area contributed by atoms with E-state index in [1.54, 1.807) is 14.1 Å². The molecule has 0 bridgehead atoms. The van der Waals surface area contributed by atoms with E-state index in [9.17, 15) is 9.59 Å². The third-order valence-corrected chi connectivity index (χ3v) is 4.92. The molecule has 0 unspecified atom stereocenters. The molecule has 0 aromatic heterocycles. The molecule has 8 nitrogen and oxygen atoms in total. The summed E-state index contributed by atoms with van der Waals surface area (Å²) in [6, 6.07) is 0. The van der Waals surface area contributed by atoms with Crippen LogP contribution in [0.5, 0.6) is 0 Å². The van der Waals surface area contributed by atoms with Gasteiger partial charge in [0.1, 0.15) is 0 Å². The molecule has 0 aromatic carbocycles. The Morgan fingerprint density at radius 1 is 0.917 bits per heavy atom. The first-order valence-corrected chi connectivity index (χ1v) is 8.58. The predicted molar refractivity (Wildman–Crippen MR) is 99.0 cm³/mol. The largest absolute Gasteiger partial charge is 0.312 e. The highest BCUT2D eigenvalue weighted by Gasteiger charge is 2.32. The summed E-state index contributed by atoms with van der Waals surface area (Å²) >= 11 is 10.5. The second kappa shape index (κ2) is 7.84. The number of carbonyl (C=O) groups excluding carboxylic acids is 2. The number of hydrogen-bond donors (Lipinski definition) is 3. The van der Waals surface area contributed by atoms with Crippen molar-refractivity contribution in [2.75, 3.05) is 21.1 Å². The number of thiocarbonyl (C=S) groups is 2. The van der Waals surface area contributed by atoms with E-state index in [0.29, 0.717) is 21.8 Å². The van der Waals surface area contributed by atoms with Gasteiger partial charge in [-0.2, -0.15) is 5.10 Å². The maximum Gasteiger partial charge on any atom is 0.296 e. The Labute approximate surface area is 151 Å². The zero-order valence-corrected chi connectivity index (χ0v) is 15.6. The molecule has 24 heavy (non-hydrogen) atoms. The highest BCUT2D eigenvalue weighted by molar-refractivity contribution is 7.80. The van der Waals surface area contributed by atoms with Crippen molar-refractivity contribution in [1.82, 2.24) is 26.3 Å². The van der Waals surface area contributed by atoms with Crippen LogP contribution >= 0.6 is 24.4 Å². The molecule has 0 saturated heterocycles. The lowest BCUT2D eigenvalue weighted by Crippen LogP contribution is -2.53. The molecule has 0 heterocycles. The van der Waals surface area contributed by atoms with Gasteiger partial charge in [0.2, 0.25) is 5.71 Å². The van der Waals surface area contributed by atoms with Gasteiger partial charge in [0, 0.05) is 33.0 Å². The number of nitrogens with zero attached hydrogens (tertiary/aromatic N) is 3. The fourth-order valence-corrected chi connectivity index (χ4v) is 2.61. The summed E-state index contributed by atoms with van der Waals surface area (Å²) in [4.78, 5) is 26.0. The highest BCUT2D eigenvalue weighted by atomic mass is 32.1. The molecule has 132 valence electrons. The van der Waals surface area contributed by atoms with Crippen LogP contribution in [0.1, 0.15) is 25.7 Å². The second-order valence-electron chi connectivity index (χ2n) is 5.91. The minimum absolute atomic E-state index is 0.298. The van der Waals surface area contributed by atoms with E-state index in [-0.39, 0.29) is 5.71 Å². The van der Waals surface area contributed by atoms with Gasteiger partial charge in [0.15, 0.2) is 0 Å². The van der Waals surface area contributed by atoms with Crippen molar-refractivity contribution in [1.29, 1.82) is 0 Å². The van der Waals surface area contributed by atoms with E-state index in [0.717, 1.165) is 25.7 Å². The van der Waals surface area contributed by atoms with Crippen molar-refractivity contribution in [3.05, 3.63) is 0 Å². The summed E-state index contributed by atoms with van der Waals surface area (Å²) < 4.78 is 0. The van der Waals surface area contributed by atoms with Gasteiger partial charge in [-0.15, -0.1) is 0 Å². The number of nitrogens with one attached hydrogen (secondary N) is 3. The Morgan fingerprint density at radius 3 is 1.58 bits per heavy atom. The molecule has 0 aromatic rings. The number of hydrazone groups is 1. The monoisotopic (exact) mass is 370 g/mol. The summed E-state index contributed by atoms with van der Waals surface area (Å²) in [5, 5.41) is 6.70. The maximum atomic E-state index is 12.3. The van der Waals surface area contributed by atoms with Crippen molar-refractivity contribution < 1.29 is 9.59 Å². The first kappa shape index (κ1) is 18.5. The SMILES string of the molecule is CNN=C(C(=O)NN(C)C(=S)C1CC1)C(=O)NN(C)C(=S)C1CC1. The number of hydrazine groups is 2. The minimum Gasteiger partial charge on any atom is -0.312 e. The van der Waals surface area contributed by atoms with Gasteiger partial charge in [0.05, 0.1) is 9.98 Å². The molecule has 2 fully saturated rings. The average Bonchev–Trinajstić information content (AvgIpc) is 3.40.